The number of carbonyl (C=O) groups excluding carboxylic acids is 1. The molecule has 2 saturated heterocycles. The molecular weight excluding hydrogens is 308 g/mol. The number of aromatic nitrogens is 3. The first-order valence-electron chi connectivity index (χ1n) is 8.01. The highest BCUT2D eigenvalue weighted by molar-refractivity contribution is 5.91. The zero-order chi connectivity index (χ0) is 16.4. The van der Waals surface area contributed by atoms with Crippen molar-refractivity contribution in [2.24, 2.45) is 5.92 Å². The lowest BCUT2D eigenvalue weighted by molar-refractivity contribution is -0.122. The molecule has 0 radical (unpaired) electrons. The molecule has 24 heavy (non-hydrogen) atoms. The fourth-order valence-electron chi connectivity index (χ4n) is 3.28. The van der Waals surface area contributed by atoms with Gasteiger partial charge in [-0.2, -0.15) is 0 Å². The van der Waals surface area contributed by atoms with Crippen LogP contribution in [0.25, 0.3) is 0 Å². The number of ether oxygens (including phenoxy) is 2. The van der Waals surface area contributed by atoms with E-state index in [1.165, 1.54) is 0 Å². The summed E-state index contributed by atoms with van der Waals surface area (Å²) in [5, 5.41) is 0. The molecule has 7 heteroatoms. The van der Waals surface area contributed by atoms with Gasteiger partial charge >= 0.3 is 0 Å². The van der Waals surface area contributed by atoms with Crippen molar-refractivity contribution in [2.45, 2.75) is 12.0 Å². The molecule has 2 aliphatic rings. The molecule has 1 unspecified atom stereocenters. The lowest BCUT2D eigenvalue weighted by Gasteiger charge is -2.49. The van der Waals surface area contributed by atoms with Crippen molar-refractivity contribution < 1.29 is 14.3 Å². The van der Waals surface area contributed by atoms with Crippen LogP contribution < -0.4 is 4.74 Å². The Hall–Kier alpha value is -2.54. The third-order valence-electron chi connectivity index (χ3n) is 4.63. The molecule has 1 spiro atoms. The number of amides is 1. The van der Waals surface area contributed by atoms with E-state index in [9.17, 15) is 4.79 Å². The van der Waals surface area contributed by atoms with Crippen LogP contribution in [-0.2, 0) is 4.74 Å². The number of pyridine rings is 1. The Kier molecular flexibility index (Phi) is 3.86. The van der Waals surface area contributed by atoms with Crippen LogP contribution in [-0.4, -0.2) is 57.7 Å². The number of hydrogen-bond acceptors (Lipinski definition) is 6. The molecule has 0 aliphatic carbocycles. The van der Waals surface area contributed by atoms with Gasteiger partial charge in [0.2, 0.25) is 11.7 Å². The summed E-state index contributed by atoms with van der Waals surface area (Å²) in [6.07, 6.45) is 5.79. The molecular formula is C17H18N4O3. The van der Waals surface area contributed by atoms with Crippen LogP contribution in [0.4, 0.5) is 0 Å². The number of nitrogens with zero attached hydrogens (tertiary/aromatic N) is 4. The molecule has 0 bridgehead atoms. The van der Waals surface area contributed by atoms with E-state index >= 15 is 0 Å². The molecule has 4 rings (SSSR count). The highest BCUT2D eigenvalue weighted by atomic mass is 16.5. The normalized spacial score (nSPS) is 21.5. The summed E-state index contributed by atoms with van der Waals surface area (Å²) in [4.78, 5) is 26.3. The van der Waals surface area contributed by atoms with E-state index in [0.29, 0.717) is 32.2 Å². The van der Waals surface area contributed by atoms with Gasteiger partial charge < -0.3 is 14.4 Å². The molecule has 0 saturated carbocycles. The van der Waals surface area contributed by atoms with Crippen molar-refractivity contribution >= 4 is 5.91 Å². The van der Waals surface area contributed by atoms with Crippen LogP contribution in [0.5, 0.6) is 5.88 Å². The maximum Gasteiger partial charge on any atom is 0.291 e. The Labute approximate surface area is 139 Å². The van der Waals surface area contributed by atoms with Crippen molar-refractivity contribution in [1.82, 2.24) is 19.9 Å². The lowest BCUT2D eigenvalue weighted by Crippen LogP contribution is -2.66. The number of carbonyl (C=O) groups is 1. The van der Waals surface area contributed by atoms with Crippen LogP contribution in [0.1, 0.15) is 17.0 Å². The largest absolute Gasteiger partial charge is 0.477 e. The number of likely N-dealkylation sites (tertiary alicyclic amines) is 1. The molecule has 2 aliphatic heterocycles. The van der Waals surface area contributed by atoms with Gasteiger partial charge in [0.15, 0.2) is 0 Å². The van der Waals surface area contributed by atoms with Gasteiger partial charge in [-0.05, 0) is 18.6 Å². The third kappa shape index (κ3) is 2.71. The molecule has 1 atom stereocenters. The molecule has 1 amide bonds. The van der Waals surface area contributed by atoms with Crippen molar-refractivity contribution in [3.8, 4) is 5.88 Å². The summed E-state index contributed by atoms with van der Waals surface area (Å²) in [7, 11) is 0. The second-order valence-electron chi connectivity index (χ2n) is 6.11. The first kappa shape index (κ1) is 15.0. The predicted octanol–water partition coefficient (Wildman–Crippen LogP) is 1.18. The Bertz CT molecular complexity index is 704. The Morgan fingerprint density at radius 1 is 1.21 bits per heavy atom. The highest BCUT2D eigenvalue weighted by Crippen LogP contribution is 2.40. The monoisotopic (exact) mass is 326 g/mol. The maximum atomic E-state index is 12.4. The number of hydrogen-bond donors (Lipinski definition) is 0. The van der Waals surface area contributed by atoms with E-state index in [0.717, 1.165) is 6.42 Å². The second kappa shape index (κ2) is 6.16. The minimum atomic E-state index is -0.306. The van der Waals surface area contributed by atoms with E-state index in [1.807, 2.05) is 18.2 Å². The molecule has 0 aromatic carbocycles. The van der Waals surface area contributed by atoms with Gasteiger partial charge in [-0.1, -0.05) is 6.07 Å². The molecule has 4 heterocycles. The third-order valence-corrected chi connectivity index (χ3v) is 4.63. The van der Waals surface area contributed by atoms with Crippen molar-refractivity contribution in [3.05, 3.63) is 48.7 Å². The van der Waals surface area contributed by atoms with Crippen LogP contribution >= 0.6 is 0 Å². The van der Waals surface area contributed by atoms with Crippen LogP contribution in [0.15, 0.2) is 42.9 Å². The van der Waals surface area contributed by atoms with Crippen molar-refractivity contribution in [1.29, 1.82) is 0 Å². The van der Waals surface area contributed by atoms with Crippen LogP contribution in [0.2, 0.25) is 0 Å². The van der Waals surface area contributed by atoms with Gasteiger partial charge in [0.25, 0.3) is 5.91 Å². The highest BCUT2D eigenvalue weighted by Gasteiger charge is 2.55. The molecule has 7 nitrogen and oxygen atoms in total. The smallest absolute Gasteiger partial charge is 0.291 e. The molecule has 2 fully saturated rings. The standard InChI is InChI=1S/C17H18N4O3/c22-16(15-19-7-3-8-20-15)21-11-17(12-21)13(5-9-24-17)10-23-14-4-1-2-6-18-14/h1-4,6-8,13H,5,9-12H2. The predicted molar refractivity (Wildman–Crippen MR) is 84.5 cm³/mol. The van der Waals surface area contributed by atoms with Gasteiger partial charge in [0, 0.05) is 37.2 Å². The SMILES string of the molecule is O=C(c1ncccn1)N1CC2(C1)OCCC2COc1ccccn1. The van der Waals surface area contributed by atoms with Crippen LogP contribution in [0, 0.1) is 5.92 Å². The van der Waals surface area contributed by atoms with E-state index in [4.69, 9.17) is 9.47 Å². The fraction of sp³-hybridized carbons (Fsp3) is 0.412. The summed E-state index contributed by atoms with van der Waals surface area (Å²) >= 11 is 0. The molecule has 124 valence electrons. The Morgan fingerprint density at radius 3 is 2.75 bits per heavy atom. The zero-order valence-corrected chi connectivity index (χ0v) is 13.2. The van der Waals surface area contributed by atoms with E-state index in [1.54, 1.807) is 29.6 Å². The lowest BCUT2D eigenvalue weighted by atomic mass is 9.81. The van der Waals surface area contributed by atoms with Gasteiger partial charge in [-0.15, -0.1) is 0 Å². The minimum Gasteiger partial charge on any atom is -0.477 e. The second-order valence-corrected chi connectivity index (χ2v) is 6.11. The summed E-state index contributed by atoms with van der Waals surface area (Å²) in [6, 6.07) is 7.28. The molecule has 2 aromatic heterocycles. The minimum absolute atomic E-state index is 0.152. The Balaban J connectivity index is 1.37. The first-order chi connectivity index (χ1) is 11.8. The summed E-state index contributed by atoms with van der Waals surface area (Å²) in [5.41, 5.74) is -0.306. The quantitative estimate of drug-likeness (QED) is 0.840. The molecule has 2 aromatic rings. The van der Waals surface area contributed by atoms with Gasteiger partial charge in [0.1, 0.15) is 5.60 Å². The average Bonchev–Trinajstić information content (AvgIpc) is 3.04. The van der Waals surface area contributed by atoms with E-state index in [2.05, 4.69) is 15.0 Å². The summed E-state index contributed by atoms with van der Waals surface area (Å²) < 4.78 is 11.7. The molecule has 0 N–H and O–H groups in total. The summed E-state index contributed by atoms with van der Waals surface area (Å²) in [5.74, 6) is 0.942. The topological polar surface area (TPSA) is 77.4 Å². The van der Waals surface area contributed by atoms with Crippen molar-refractivity contribution in [2.75, 3.05) is 26.3 Å². The Morgan fingerprint density at radius 2 is 2.00 bits per heavy atom. The van der Waals surface area contributed by atoms with Gasteiger partial charge in [-0.25, -0.2) is 15.0 Å². The van der Waals surface area contributed by atoms with E-state index in [-0.39, 0.29) is 23.3 Å². The zero-order valence-electron chi connectivity index (χ0n) is 13.2. The number of rotatable bonds is 4. The van der Waals surface area contributed by atoms with E-state index < -0.39 is 0 Å². The first-order valence-corrected chi connectivity index (χ1v) is 8.01. The van der Waals surface area contributed by atoms with Crippen molar-refractivity contribution in [3.63, 3.8) is 0 Å². The summed E-state index contributed by atoms with van der Waals surface area (Å²) in [6.45, 7) is 2.35. The van der Waals surface area contributed by atoms with Crippen LogP contribution in [0.3, 0.4) is 0 Å². The fourth-order valence-corrected chi connectivity index (χ4v) is 3.28. The maximum absolute atomic E-state index is 12.4. The van der Waals surface area contributed by atoms with Gasteiger partial charge in [0.05, 0.1) is 19.7 Å². The average molecular weight is 326 g/mol. The van der Waals surface area contributed by atoms with Gasteiger partial charge in [-0.3, -0.25) is 4.79 Å².